The zero-order valence-corrected chi connectivity index (χ0v) is 11.0. The first-order chi connectivity index (χ1) is 9.13. The summed E-state index contributed by atoms with van der Waals surface area (Å²) < 4.78 is 5.14. The predicted octanol–water partition coefficient (Wildman–Crippen LogP) is 3.55. The molecule has 0 aliphatic heterocycles. The number of hydrogen-bond donors (Lipinski definition) is 2. The molecular formula is C14H12ClN3O. The van der Waals surface area contributed by atoms with Crippen LogP contribution in [0, 0.1) is 11.3 Å². The number of nitrogens with two attached hydrogens (primary N) is 1. The summed E-state index contributed by atoms with van der Waals surface area (Å²) in [6.45, 7) is 0. The SMILES string of the molecule is COc1ccc(N)c(Nc2ccc(C#N)cc2Cl)c1. The monoisotopic (exact) mass is 273 g/mol. The lowest BCUT2D eigenvalue weighted by molar-refractivity contribution is 0.415. The quantitative estimate of drug-likeness (QED) is 0.839. The lowest BCUT2D eigenvalue weighted by atomic mass is 10.2. The Morgan fingerprint density at radius 1 is 1.21 bits per heavy atom. The van der Waals surface area contributed by atoms with Crippen LogP contribution in [-0.2, 0) is 0 Å². The van der Waals surface area contributed by atoms with E-state index in [9.17, 15) is 0 Å². The summed E-state index contributed by atoms with van der Waals surface area (Å²) in [5, 5.41) is 12.4. The number of hydrogen-bond acceptors (Lipinski definition) is 4. The molecule has 0 saturated carbocycles. The van der Waals surface area contributed by atoms with Gasteiger partial charge in [-0.1, -0.05) is 11.6 Å². The maximum atomic E-state index is 8.79. The first-order valence-electron chi connectivity index (χ1n) is 5.54. The van der Waals surface area contributed by atoms with Crippen LogP contribution < -0.4 is 15.8 Å². The maximum absolute atomic E-state index is 8.79. The lowest BCUT2D eigenvalue weighted by Gasteiger charge is -2.12. The van der Waals surface area contributed by atoms with E-state index in [-0.39, 0.29) is 0 Å². The molecule has 0 atom stereocenters. The fourth-order valence-electron chi connectivity index (χ4n) is 1.60. The van der Waals surface area contributed by atoms with Gasteiger partial charge in [0.25, 0.3) is 0 Å². The van der Waals surface area contributed by atoms with Gasteiger partial charge in [-0.25, -0.2) is 0 Å². The molecule has 0 spiro atoms. The third kappa shape index (κ3) is 2.90. The molecule has 19 heavy (non-hydrogen) atoms. The molecule has 0 fully saturated rings. The van der Waals surface area contributed by atoms with Crippen molar-refractivity contribution in [2.45, 2.75) is 0 Å². The molecule has 0 aromatic heterocycles. The van der Waals surface area contributed by atoms with Crippen LogP contribution in [0.15, 0.2) is 36.4 Å². The smallest absolute Gasteiger partial charge is 0.121 e. The number of halogens is 1. The highest BCUT2D eigenvalue weighted by molar-refractivity contribution is 6.33. The maximum Gasteiger partial charge on any atom is 0.121 e. The number of anilines is 3. The van der Waals surface area contributed by atoms with Crippen molar-refractivity contribution in [3.8, 4) is 11.8 Å². The molecule has 3 N–H and O–H groups in total. The van der Waals surface area contributed by atoms with E-state index in [4.69, 9.17) is 27.3 Å². The van der Waals surface area contributed by atoms with Gasteiger partial charge in [-0.2, -0.15) is 5.26 Å². The molecule has 0 aliphatic carbocycles. The summed E-state index contributed by atoms with van der Waals surface area (Å²) >= 11 is 6.10. The van der Waals surface area contributed by atoms with Crippen LogP contribution in [-0.4, -0.2) is 7.11 Å². The standard InChI is InChI=1S/C14H12ClN3O/c1-19-10-3-4-12(17)14(7-10)18-13-5-2-9(8-16)6-11(13)15/h2-7,18H,17H2,1H3. The molecule has 0 unspecified atom stereocenters. The van der Waals surface area contributed by atoms with Gasteiger partial charge in [0.05, 0.1) is 40.8 Å². The van der Waals surface area contributed by atoms with Crippen molar-refractivity contribution in [2.24, 2.45) is 0 Å². The fourth-order valence-corrected chi connectivity index (χ4v) is 1.83. The lowest BCUT2D eigenvalue weighted by Crippen LogP contribution is -1.97. The van der Waals surface area contributed by atoms with E-state index in [2.05, 4.69) is 5.32 Å². The Labute approximate surface area is 116 Å². The number of methoxy groups -OCH3 is 1. The van der Waals surface area contributed by atoms with Crippen LogP contribution >= 0.6 is 11.6 Å². The van der Waals surface area contributed by atoms with Gasteiger partial charge in [-0.15, -0.1) is 0 Å². The molecule has 4 nitrogen and oxygen atoms in total. The third-order valence-corrected chi connectivity index (χ3v) is 2.94. The molecule has 2 rings (SSSR count). The Morgan fingerprint density at radius 2 is 2.00 bits per heavy atom. The number of nitrogens with one attached hydrogen (secondary N) is 1. The van der Waals surface area contributed by atoms with Gasteiger partial charge in [-0.3, -0.25) is 0 Å². The topological polar surface area (TPSA) is 71.1 Å². The van der Waals surface area contributed by atoms with Crippen LogP contribution in [0.4, 0.5) is 17.1 Å². The molecule has 0 heterocycles. The molecule has 0 amide bonds. The van der Waals surface area contributed by atoms with Gasteiger partial charge in [0.2, 0.25) is 0 Å². The molecular weight excluding hydrogens is 262 g/mol. The molecule has 2 aromatic carbocycles. The van der Waals surface area contributed by atoms with Crippen molar-refractivity contribution in [3.05, 3.63) is 47.0 Å². The fraction of sp³-hybridized carbons (Fsp3) is 0.0714. The van der Waals surface area contributed by atoms with Crippen LogP contribution in [0.3, 0.4) is 0 Å². The van der Waals surface area contributed by atoms with E-state index >= 15 is 0 Å². The van der Waals surface area contributed by atoms with E-state index in [1.165, 1.54) is 0 Å². The first kappa shape index (κ1) is 13.1. The average molecular weight is 274 g/mol. The van der Waals surface area contributed by atoms with Crippen molar-refractivity contribution >= 4 is 28.7 Å². The number of benzene rings is 2. The Morgan fingerprint density at radius 3 is 2.63 bits per heavy atom. The van der Waals surface area contributed by atoms with Crippen molar-refractivity contribution < 1.29 is 4.74 Å². The number of ether oxygens (including phenoxy) is 1. The zero-order chi connectivity index (χ0) is 13.8. The van der Waals surface area contributed by atoms with Gasteiger partial charge < -0.3 is 15.8 Å². The number of nitrogens with zero attached hydrogens (tertiary/aromatic N) is 1. The number of nitriles is 1. The van der Waals surface area contributed by atoms with Gasteiger partial charge >= 0.3 is 0 Å². The van der Waals surface area contributed by atoms with Crippen molar-refractivity contribution in [1.82, 2.24) is 0 Å². The highest BCUT2D eigenvalue weighted by Crippen LogP contribution is 2.31. The van der Waals surface area contributed by atoms with Gasteiger partial charge in [-0.05, 0) is 30.3 Å². The van der Waals surface area contributed by atoms with E-state index < -0.39 is 0 Å². The van der Waals surface area contributed by atoms with Crippen LogP contribution in [0.5, 0.6) is 5.75 Å². The van der Waals surface area contributed by atoms with Gasteiger partial charge in [0.1, 0.15) is 5.75 Å². The van der Waals surface area contributed by atoms with Crippen LogP contribution in [0.25, 0.3) is 0 Å². The summed E-state index contributed by atoms with van der Waals surface area (Å²) in [6, 6.07) is 12.4. The van der Waals surface area contributed by atoms with Gasteiger partial charge in [0, 0.05) is 6.07 Å². The van der Waals surface area contributed by atoms with E-state index in [1.807, 2.05) is 6.07 Å². The second-order valence-corrected chi connectivity index (χ2v) is 4.29. The van der Waals surface area contributed by atoms with E-state index in [0.717, 1.165) is 0 Å². The minimum absolute atomic E-state index is 0.460. The highest BCUT2D eigenvalue weighted by Gasteiger charge is 2.06. The Hall–Kier alpha value is -2.38. The molecule has 5 heteroatoms. The summed E-state index contributed by atoms with van der Waals surface area (Å²) in [4.78, 5) is 0. The van der Waals surface area contributed by atoms with Crippen molar-refractivity contribution in [1.29, 1.82) is 5.26 Å². The normalized spacial score (nSPS) is 9.74. The van der Waals surface area contributed by atoms with Crippen LogP contribution in [0.2, 0.25) is 5.02 Å². The van der Waals surface area contributed by atoms with E-state index in [1.54, 1.807) is 43.5 Å². The number of nitrogen functional groups attached to an aromatic ring is 1. The molecule has 96 valence electrons. The average Bonchev–Trinajstić information content (AvgIpc) is 2.43. The molecule has 0 radical (unpaired) electrons. The van der Waals surface area contributed by atoms with Crippen LogP contribution in [0.1, 0.15) is 5.56 Å². The zero-order valence-electron chi connectivity index (χ0n) is 10.3. The highest BCUT2D eigenvalue weighted by atomic mass is 35.5. The van der Waals surface area contributed by atoms with Gasteiger partial charge in [0.15, 0.2) is 0 Å². The molecule has 0 aliphatic rings. The summed E-state index contributed by atoms with van der Waals surface area (Å²) in [5.74, 6) is 0.696. The third-order valence-electron chi connectivity index (χ3n) is 2.63. The number of rotatable bonds is 3. The second kappa shape index (κ2) is 5.51. The minimum atomic E-state index is 0.460. The first-order valence-corrected chi connectivity index (χ1v) is 5.92. The van der Waals surface area contributed by atoms with E-state index in [0.29, 0.717) is 33.4 Å². The predicted molar refractivity (Wildman–Crippen MR) is 76.9 cm³/mol. The summed E-state index contributed by atoms with van der Waals surface area (Å²) in [6.07, 6.45) is 0. The Bertz CT molecular complexity index is 650. The summed E-state index contributed by atoms with van der Waals surface area (Å²) in [5.41, 5.74) is 8.36. The molecule has 0 saturated heterocycles. The second-order valence-electron chi connectivity index (χ2n) is 3.88. The molecule has 0 bridgehead atoms. The largest absolute Gasteiger partial charge is 0.497 e. The minimum Gasteiger partial charge on any atom is -0.497 e. The Kier molecular flexibility index (Phi) is 3.79. The Balaban J connectivity index is 2.33. The van der Waals surface area contributed by atoms with Crippen molar-refractivity contribution in [3.63, 3.8) is 0 Å². The summed E-state index contributed by atoms with van der Waals surface area (Å²) in [7, 11) is 1.59. The molecule has 2 aromatic rings. The van der Waals surface area contributed by atoms with Crippen molar-refractivity contribution in [2.75, 3.05) is 18.2 Å².